The zero-order valence-corrected chi connectivity index (χ0v) is 7.51. The molecule has 0 radical (unpaired) electrons. The molecule has 9 heavy (non-hydrogen) atoms. The van der Waals surface area contributed by atoms with E-state index in [1.54, 1.807) is 0 Å². The van der Waals surface area contributed by atoms with E-state index in [-0.39, 0.29) is 53.9 Å². The Balaban J connectivity index is -0.00000000533. The molecule has 0 aromatic rings. The van der Waals surface area contributed by atoms with Crippen molar-refractivity contribution in [2.24, 2.45) is 0 Å². The summed E-state index contributed by atoms with van der Waals surface area (Å²) in [7, 11) is -4.67. The van der Waals surface area contributed by atoms with Crippen LogP contribution in [0.2, 0.25) is 0 Å². The maximum atomic E-state index is 8.74. The van der Waals surface area contributed by atoms with E-state index in [2.05, 4.69) is 0 Å². The van der Waals surface area contributed by atoms with Gasteiger partial charge in [0.05, 0.1) is 0 Å². The van der Waals surface area contributed by atoms with Crippen molar-refractivity contribution < 1.29 is 48.4 Å². The van der Waals surface area contributed by atoms with Gasteiger partial charge in [-0.25, -0.2) is 0 Å². The first-order valence-corrected chi connectivity index (χ1v) is 2.10. The molecule has 0 amide bonds. The molecule has 0 fully saturated rings. The Hall–Kier alpha value is 1.08. The van der Waals surface area contributed by atoms with Gasteiger partial charge in [-0.05, 0) is 0 Å². The molecule has 0 aliphatic heterocycles. The maximum absolute atomic E-state index is 8.74. The van der Waals surface area contributed by atoms with Crippen LogP contribution in [0.25, 0.3) is 0 Å². The summed E-state index contributed by atoms with van der Waals surface area (Å²) in [6, 6.07) is 0. The molecule has 6 nitrogen and oxygen atoms in total. The van der Waals surface area contributed by atoms with Crippen molar-refractivity contribution in [3.63, 3.8) is 0 Å². The first-order chi connectivity index (χ1) is 2.00. The Morgan fingerprint density at radius 3 is 1.11 bits per heavy atom. The quantitative estimate of drug-likeness (QED) is 0.342. The minimum absolute atomic E-state index is 0. The SMILES string of the molecule is O.O.O=S(=O)(O)O.[Fe].[H-].[H-].[Mg+2]. The monoisotopic (exact) mass is 216 g/mol. The summed E-state index contributed by atoms with van der Waals surface area (Å²) in [5, 5.41) is 0. The van der Waals surface area contributed by atoms with Crippen LogP contribution in [0, 0.1) is 0 Å². The van der Waals surface area contributed by atoms with Crippen LogP contribution in [0.5, 0.6) is 0 Å². The predicted molar refractivity (Wildman–Crippen MR) is 29.4 cm³/mol. The van der Waals surface area contributed by atoms with Crippen molar-refractivity contribution in [1.82, 2.24) is 0 Å². The van der Waals surface area contributed by atoms with Crippen LogP contribution < -0.4 is 0 Å². The molecule has 0 rings (SSSR count). The third-order valence-electron chi connectivity index (χ3n) is 0. The minimum Gasteiger partial charge on any atom is -1.00 e. The first kappa shape index (κ1) is 32.2. The Morgan fingerprint density at radius 2 is 1.11 bits per heavy atom. The molecule has 60 valence electrons. The fourth-order valence-electron chi connectivity index (χ4n) is 0. The molecule has 0 saturated carbocycles. The minimum atomic E-state index is -4.67. The van der Waals surface area contributed by atoms with E-state index in [4.69, 9.17) is 17.5 Å². The van der Waals surface area contributed by atoms with E-state index in [1.807, 2.05) is 0 Å². The van der Waals surface area contributed by atoms with Crippen LogP contribution in [-0.4, -0.2) is 51.5 Å². The third-order valence-corrected chi connectivity index (χ3v) is 0. The standard InChI is InChI=1S/Fe.Mg.H2O4S.2H2O.2H/c;;1-5(2,3)4;;;;/h;;(H2,1,2,3,4);2*1H2;;/q;+2;;;;2*-1. The molecule has 6 N–H and O–H groups in total. The van der Waals surface area contributed by atoms with Gasteiger partial charge in [-0.3, -0.25) is 9.11 Å². The molecule has 0 unspecified atom stereocenters. The van der Waals surface area contributed by atoms with Gasteiger partial charge in [0.25, 0.3) is 0 Å². The molecular weight excluding hydrogens is 208 g/mol. The van der Waals surface area contributed by atoms with E-state index in [1.165, 1.54) is 0 Å². The molecule has 0 spiro atoms. The molecule has 0 heterocycles. The molecule has 0 saturated heterocycles. The number of hydrogen-bond acceptors (Lipinski definition) is 2. The van der Waals surface area contributed by atoms with Crippen LogP contribution >= 0.6 is 0 Å². The summed E-state index contributed by atoms with van der Waals surface area (Å²) >= 11 is 0. The van der Waals surface area contributed by atoms with Gasteiger partial charge in [-0.1, -0.05) is 0 Å². The summed E-state index contributed by atoms with van der Waals surface area (Å²) in [4.78, 5) is 0. The number of hydrogen-bond donors (Lipinski definition) is 2. The third kappa shape index (κ3) is 393. The molecule has 0 aliphatic rings. The summed E-state index contributed by atoms with van der Waals surface area (Å²) < 4.78 is 31.6. The van der Waals surface area contributed by atoms with Gasteiger partial charge in [0, 0.05) is 17.1 Å². The molecule has 0 aliphatic carbocycles. The first-order valence-electron chi connectivity index (χ1n) is 0.698. The Bertz CT molecular complexity index is 104. The maximum Gasteiger partial charge on any atom is 2.00 e. The van der Waals surface area contributed by atoms with Gasteiger partial charge in [0.15, 0.2) is 0 Å². The van der Waals surface area contributed by atoms with Crippen molar-refractivity contribution >= 4 is 33.5 Å². The Kier molecular flexibility index (Phi) is 42.3. The summed E-state index contributed by atoms with van der Waals surface area (Å²) in [5.74, 6) is 0. The van der Waals surface area contributed by atoms with Gasteiger partial charge in [0.2, 0.25) is 0 Å². The second-order valence-corrected chi connectivity index (χ2v) is 1.34. The molecule has 0 aromatic carbocycles. The zero-order valence-electron chi connectivity index (χ0n) is 6.18. The van der Waals surface area contributed by atoms with Crippen LogP contribution in [0.1, 0.15) is 2.85 Å². The van der Waals surface area contributed by atoms with Crippen LogP contribution in [0.3, 0.4) is 0 Å². The smallest absolute Gasteiger partial charge is 1.00 e. The Morgan fingerprint density at radius 1 is 1.11 bits per heavy atom. The number of rotatable bonds is 0. The Labute approximate surface area is 81.8 Å². The molecule has 0 aromatic heterocycles. The molecular formula is H8FeMgO6S. The average Bonchev–Trinajstić information content (AvgIpc) is 0.722. The van der Waals surface area contributed by atoms with Gasteiger partial charge < -0.3 is 13.8 Å². The van der Waals surface area contributed by atoms with E-state index in [0.717, 1.165) is 0 Å². The molecule has 9 heteroatoms. The second kappa shape index (κ2) is 11.8. The normalized spacial score (nSPS) is 6.44. The van der Waals surface area contributed by atoms with Crippen molar-refractivity contribution in [3.8, 4) is 0 Å². The van der Waals surface area contributed by atoms with Gasteiger partial charge in [-0.15, -0.1) is 0 Å². The predicted octanol–water partition coefficient (Wildman–Crippen LogP) is -2.46. The fraction of sp³-hybridized carbons (Fsp3) is 0. The van der Waals surface area contributed by atoms with Crippen LogP contribution in [-0.2, 0) is 27.5 Å². The van der Waals surface area contributed by atoms with Crippen molar-refractivity contribution in [2.75, 3.05) is 0 Å². The average molecular weight is 216 g/mol. The van der Waals surface area contributed by atoms with Gasteiger partial charge in [-0.2, -0.15) is 8.42 Å². The zero-order chi connectivity index (χ0) is 4.50. The summed E-state index contributed by atoms with van der Waals surface area (Å²) in [5.41, 5.74) is 0. The van der Waals surface area contributed by atoms with E-state index in [0.29, 0.717) is 0 Å². The van der Waals surface area contributed by atoms with E-state index < -0.39 is 10.4 Å². The van der Waals surface area contributed by atoms with E-state index in [9.17, 15) is 0 Å². The molecule has 0 atom stereocenters. The van der Waals surface area contributed by atoms with Crippen LogP contribution in [0.15, 0.2) is 0 Å². The second-order valence-electron chi connectivity index (χ2n) is 0.448. The van der Waals surface area contributed by atoms with Crippen LogP contribution in [0.4, 0.5) is 0 Å². The van der Waals surface area contributed by atoms with Crippen molar-refractivity contribution in [2.45, 2.75) is 0 Å². The van der Waals surface area contributed by atoms with Gasteiger partial charge in [0.1, 0.15) is 0 Å². The largest absolute Gasteiger partial charge is 2.00 e. The fourth-order valence-corrected chi connectivity index (χ4v) is 0. The summed E-state index contributed by atoms with van der Waals surface area (Å²) in [6.07, 6.45) is 0. The van der Waals surface area contributed by atoms with E-state index >= 15 is 0 Å². The van der Waals surface area contributed by atoms with Crippen molar-refractivity contribution in [1.29, 1.82) is 0 Å². The summed E-state index contributed by atoms with van der Waals surface area (Å²) in [6.45, 7) is 0. The van der Waals surface area contributed by atoms with Crippen molar-refractivity contribution in [3.05, 3.63) is 0 Å². The topological polar surface area (TPSA) is 138 Å². The van der Waals surface area contributed by atoms with Gasteiger partial charge >= 0.3 is 33.5 Å². The molecule has 0 bridgehead atoms.